The van der Waals surface area contributed by atoms with Gasteiger partial charge < -0.3 is 21.3 Å². The first kappa shape index (κ1) is 19.6. The number of hydrogen-bond donors (Lipinski definition) is 4. The number of aromatic nitrogens is 1. The van der Waals surface area contributed by atoms with Crippen molar-refractivity contribution in [3.8, 4) is 0 Å². The second-order valence-corrected chi connectivity index (χ2v) is 8.87. The fraction of sp³-hybridized carbons (Fsp3) is 0.762. The SMILES string of the molecule is Clc1cc2nc(c1)CN[C@@H]1CCCC[C@H]1NCCNC1CCCCC1NC2. The van der Waals surface area contributed by atoms with Gasteiger partial charge in [-0.05, 0) is 37.8 Å². The zero-order valence-corrected chi connectivity index (χ0v) is 17.0. The van der Waals surface area contributed by atoms with Gasteiger partial charge in [0.05, 0.1) is 11.4 Å². The number of hydrogen-bond acceptors (Lipinski definition) is 5. The van der Waals surface area contributed by atoms with Gasteiger partial charge in [-0.25, -0.2) is 0 Å². The Morgan fingerprint density at radius 2 is 1.07 bits per heavy atom. The number of pyridine rings is 1. The minimum atomic E-state index is 0.522. The molecule has 4 atom stereocenters. The van der Waals surface area contributed by atoms with E-state index in [-0.39, 0.29) is 0 Å². The Balaban J connectivity index is 1.51. The predicted octanol–water partition coefficient (Wildman–Crippen LogP) is 2.73. The normalized spacial score (nSPS) is 33.2. The number of nitrogens with one attached hydrogen (secondary N) is 4. The maximum absolute atomic E-state index is 6.39. The van der Waals surface area contributed by atoms with E-state index in [0.29, 0.717) is 24.2 Å². The van der Waals surface area contributed by atoms with E-state index in [9.17, 15) is 0 Å². The van der Waals surface area contributed by atoms with Crippen LogP contribution < -0.4 is 21.3 Å². The third-order valence-electron chi connectivity index (χ3n) is 6.46. The van der Waals surface area contributed by atoms with Crippen molar-refractivity contribution in [1.29, 1.82) is 0 Å². The summed E-state index contributed by atoms with van der Waals surface area (Å²) in [7, 11) is 0. The van der Waals surface area contributed by atoms with E-state index in [1.165, 1.54) is 51.4 Å². The van der Waals surface area contributed by atoms with Gasteiger partial charge in [0.25, 0.3) is 0 Å². The molecular weight excluding hydrogens is 358 g/mol. The molecule has 2 bridgehead atoms. The number of fused-ring (bicyclic) bond motifs is 4. The standard InChI is InChI=1S/C21H34ClN5/c22-15-11-16-13-25-20-7-3-1-5-18(20)23-9-10-24-19-6-2-4-8-21(19)26-14-17(12-15)27-16/h11-12,18-21,23-26H,1-10,13-14H2/t18-,19?,20-,21?/m1/s1. The molecule has 0 amide bonds. The Bertz CT molecular complexity index is 562. The Labute approximate surface area is 168 Å². The Morgan fingerprint density at radius 1 is 0.667 bits per heavy atom. The molecule has 5 nitrogen and oxygen atoms in total. The summed E-state index contributed by atoms with van der Waals surface area (Å²) in [6, 6.07) is 6.18. The Morgan fingerprint density at radius 3 is 1.52 bits per heavy atom. The lowest BCUT2D eigenvalue weighted by molar-refractivity contribution is 0.266. The molecule has 2 aliphatic carbocycles. The van der Waals surface area contributed by atoms with Crippen molar-refractivity contribution < 1.29 is 0 Å². The highest BCUT2D eigenvalue weighted by molar-refractivity contribution is 6.30. The summed E-state index contributed by atoms with van der Waals surface area (Å²) in [5, 5.41) is 15.9. The molecule has 0 aromatic carbocycles. The quantitative estimate of drug-likeness (QED) is 0.547. The van der Waals surface area contributed by atoms with Crippen LogP contribution in [-0.2, 0) is 13.1 Å². The van der Waals surface area contributed by atoms with Crippen LogP contribution in [-0.4, -0.2) is 42.2 Å². The summed E-state index contributed by atoms with van der Waals surface area (Å²) in [6.45, 7) is 3.68. The summed E-state index contributed by atoms with van der Waals surface area (Å²) in [4.78, 5) is 4.87. The molecule has 4 N–H and O–H groups in total. The van der Waals surface area contributed by atoms with Crippen molar-refractivity contribution in [2.45, 2.75) is 88.6 Å². The van der Waals surface area contributed by atoms with Crippen molar-refractivity contribution in [2.24, 2.45) is 0 Å². The predicted molar refractivity (Wildman–Crippen MR) is 111 cm³/mol. The van der Waals surface area contributed by atoms with E-state index in [2.05, 4.69) is 21.3 Å². The molecule has 2 fully saturated rings. The molecule has 2 heterocycles. The lowest BCUT2D eigenvalue weighted by Crippen LogP contribution is -2.53. The molecule has 2 unspecified atom stereocenters. The van der Waals surface area contributed by atoms with Crippen LogP contribution in [0.1, 0.15) is 62.8 Å². The molecule has 150 valence electrons. The molecule has 1 aromatic rings. The average Bonchev–Trinajstić information content (AvgIpc) is 2.69. The van der Waals surface area contributed by atoms with E-state index in [4.69, 9.17) is 16.6 Å². The first-order valence-corrected chi connectivity index (χ1v) is 11.2. The van der Waals surface area contributed by atoms with E-state index in [1.807, 2.05) is 12.1 Å². The van der Waals surface area contributed by atoms with Crippen LogP contribution in [0, 0.1) is 0 Å². The second kappa shape index (κ2) is 9.66. The number of nitrogens with zero attached hydrogens (tertiary/aromatic N) is 1. The lowest BCUT2D eigenvalue weighted by Gasteiger charge is -2.34. The maximum atomic E-state index is 6.39. The third kappa shape index (κ3) is 5.42. The molecule has 0 spiro atoms. The number of halogens is 1. The first-order valence-electron chi connectivity index (χ1n) is 10.9. The van der Waals surface area contributed by atoms with Gasteiger partial charge in [-0.15, -0.1) is 0 Å². The van der Waals surface area contributed by atoms with E-state index < -0.39 is 0 Å². The van der Waals surface area contributed by atoms with Crippen LogP contribution in [0.5, 0.6) is 0 Å². The monoisotopic (exact) mass is 391 g/mol. The van der Waals surface area contributed by atoms with Gasteiger partial charge in [0.2, 0.25) is 0 Å². The van der Waals surface area contributed by atoms with Crippen LogP contribution in [0.4, 0.5) is 0 Å². The minimum Gasteiger partial charge on any atom is -0.311 e. The highest BCUT2D eigenvalue weighted by Crippen LogP contribution is 2.21. The van der Waals surface area contributed by atoms with E-state index >= 15 is 0 Å². The molecule has 2 saturated carbocycles. The summed E-state index contributed by atoms with van der Waals surface area (Å²) in [6.07, 6.45) is 10.3. The highest BCUT2D eigenvalue weighted by atomic mass is 35.5. The molecular formula is C21H34ClN5. The van der Waals surface area contributed by atoms with Gasteiger partial charge in [-0.1, -0.05) is 37.3 Å². The summed E-state index contributed by atoms with van der Waals surface area (Å²) in [5.74, 6) is 0. The summed E-state index contributed by atoms with van der Waals surface area (Å²) in [5.41, 5.74) is 2.11. The summed E-state index contributed by atoms with van der Waals surface area (Å²) >= 11 is 6.39. The molecule has 4 rings (SSSR count). The van der Waals surface area contributed by atoms with Crippen LogP contribution >= 0.6 is 11.6 Å². The largest absolute Gasteiger partial charge is 0.311 e. The van der Waals surface area contributed by atoms with Gasteiger partial charge in [-0.3, -0.25) is 4.98 Å². The fourth-order valence-electron chi connectivity index (χ4n) is 5.02. The highest BCUT2D eigenvalue weighted by Gasteiger charge is 2.26. The first-order chi connectivity index (χ1) is 13.3. The molecule has 1 aliphatic heterocycles. The van der Waals surface area contributed by atoms with Crippen molar-refractivity contribution in [3.63, 3.8) is 0 Å². The molecule has 6 heteroatoms. The van der Waals surface area contributed by atoms with Crippen molar-refractivity contribution in [1.82, 2.24) is 26.3 Å². The smallest absolute Gasteiger partial charge is 0.0560 e. The third-order valence-corrected chi connectivity index (χ3v) is 6.68. The average molecular weight is 392 g/mol. The second-order valence-electron chi connectivity index (χ2n) is 8.43. The van der Waals surface area contributed by atoms with Crippen LogP contribution in [0.15, 0.2) is 12.1 Å². The van der Waals surface area contributed by atoms with E-state index in [0.717, 1.165) is 42.6 Å². The molecule has 0 radical (unpaired) electrons. The lowest BCUT2D eigenvalue weighted by atomic mass is 9.89. The molecule has 1 aromatic heterocycles. The zero-order chi connectivity index (χ0) is 18.5. The van der Waals surface area contributed by atoms with Gasteiger partial charge in [0.1, 0.15) is 0 Å². The van der Waals surface area contributed by atoms with Gasteiger partial charge in [-0.2, -0.15) is 0 Å². The Hall–Kier alpha value is -0.720. The maximum Gasteiger partial charge on any atom is 0.0560 e. The molecule has 3 aliphatic rings. The minimum absolute atomic E-state index is 0.522. The van der Waals surface area contributed by atoms with Crippen molar-refractivity contribution in [2.75, 3.05) is 13.1 Å². The van der Waals surface area contributed by atoms with Crippen molar-refractivity contribution >= 4 is 11.6 Å². The molecule has 0 saturated heterocycles. The van der Waals surface area contributed by atoms with Crippen LogP contribution in [0.3, 0.4) is 0 Å². The van der Waals surface area contributed by atoms with Gasteiger partial charge >= 0.3 is 0 Å². The fourth-order valence-corrected chi connectivity index (χ4v) is 5.27. The van der Waals surface area contributed by atoms with Crippen LogP contribution in [0.2, 0.25) is 5.02 Å². The van der Waals surface area contributed by atoms with Crippen LogP contribution in [0.25, 0.3) is 0 Å². The summed E-state index contributed by atoms with van der Waals surface area (Å²) < 4.78 is 0. The van der Waals surface area contributed by atoms with Gasteiger partial charge in [0.15, 0.2) is 0 Å². The zero-order valence-electron chi connectivity index (χ0n) is 16.3. The molecule has 27 heavy (non-hydrogen) atoms. The Kier molecular flexibility index (Phi) is 7.01. The van der Waals surface area contributed by atoms with E-state index in [1.54, 1.807) is 0 Å². The van der Waals surface area contributed by atoms with Crippen molar-refractivity contribution in [3.05, 3.63) is 28.5 Å². The topological polar surface area (TPSA) is 61.0 Å². The number of rotatable bonds is 0. The van der Waals surface area contributed by atoms with Gasteiger partial charge in [0, 0.05) is 55.4 Å².